The highest BCUT2D eigenvalue weighted by atomic mass is 79.9. The molecule has 1 amide bonds. The van der Waals surface area contributed by atoms with Crippen molar-refractivity contribution in [3.05, 3.63) is 63.1 Å². The third-order valence-corrected chi connectivity index (χ3v) is 3.74. The van der Waals surface area contributed by atoms with E-state index in [-0.39, 0.29) is 11.4 Å². The lowest BCUT2D eigenvalue weighted by Gasteiger charge is -2.12. The lowest BCUT2D eigenvalue weighted by Crippen LogP contribution is -2.13. The van der Waals surface area contributed by atoms with E-state index in [1.54, 1.807) is 19.1 Å². The summed E-state index contributed by atoms with van der Waals surface area (Å²) in [6.07, 6.45) is 0. The van der Waals surface area contributed by atoms with Crippen LogP contribution in [0.5, 0.6) is 0 Å². The molecule has 21 heavy (non-hydrogen) atoms. The van der Waals surface area contributed by atoms with Gasteiger partial charge in [0.1, 0.15) is 11.6 Å². The molecule has 0 unspecified atom stereocenters. The Morgan fingerprint density at radius 2 is 1.95 bits per heavy atom. The van der Waals surface area contributed by atoms with Crippen LogP contribution in [0.1, 0.15) is 21.5 Å². The maximum Gasteiger partial charge on any atom is 0.248 e. The SMILES string of the molecule is Cc1c(F)cc(C(N)=O)cc1NCc1ccc(Br)c(F)c1. The number of nitrogens with one attached hydrogen (secondary N) is 1. The van der Waals surface area contributed by atoms with E-state index in [0.29, 0.717) is 27.8 Å². The second-order valence-electron chi connectivity index (χ2n) is 4.60. The van der Waals surface area contributed by atoms with Crippen molar-refractivity contribution in [2.45, 2.75) is 13.5 Å². The molecule has 6 heteroatoms. The number of carbonyl (C=O) groups excluding carboxylic acids is 1. The van der Waals surface area contributed by atoms with Crippen molar-refractivity contribution < 1.29 is 13.6 Å². The number of hydrogen-bond donors (Lipinski definition) is 2. The summed E-state index contributed by atoms with van der Waals surface area (Å²) in [4.78, 5) is 11.1. The minimum atomic E-state index is -0.702. The van der Waals surface area contributed by atoms with Gasteiger partial charge in [-0.2, -0.15) is 0 Å². The van der Waals surface area contributed by atoms with Crippen LogP contribution in [0.2, 0.25) is 0 Å². The van der Waals surface area contributed by atoms with Crippen LogP contribution in [0.4, 0.5) is 14.5 Å². The van der Waals surface area contributed by atoms with Crippen molar-refractivity contribution in [3.63, 3.8) is 0 Å². The zero-order valence-corrected chi connectivity index (χ0v) is 12.8. The molecule has 0 heterocycles. The molecule has 0 fully saturated rings. The van der Waals surface area contributed by atoms with E-state index in [1.165, 1.54) is 12.1 Å². The fourth-order valence-electron chi connectivity index (χ4n) is 1.85. The highest BCUT2D eigenvalue weighted by Gasteiger charge is 2.10. The van der Waals surface area contributed by atoms with Crippen LogP contribution in [-0.2, 0) is 6.54 Å². The minimum absolute atomic E-state index is 0.0857. The second-order valence-corrected chi connectivity index (χ2v) is 5.45. The van der Waals surface area contributed by atoms with Crippen molar-refractivity contribution in [2.24, 2.45) is 5.73 Å². The van der Waals surface area contributed by atoms with Crippen molar-refractivity contribution >= 4 is 27.5 Å². The smallest absolute Gasteiger partial charge is 0.248 e. The molecule has 2 aromatic carbocycles. The van der Waals surface area contributed by atoms with E-state index in [9.17, 15) is 13.6 Å². The average Bonchev–Trinajstić information content (AvgIpc) is 2.43. The Morgan fingerprint density at radius 3 is 2.57 bits per heavy atom. The molecule has 0 saturated heterocycles. The topological polar surface area (TPSA) is 55.1 Å². The number of amides is 1. The number of benzene rings is 2. The number of halogens is 3. The van der Waals surface area contributed by atoms with Crippen LogP contribution in [0.25, 0.3) is 0 Å². The number of anilines is 1. The standard InChI is InChI=1S/C15H13BrF2N2O/c1-8-12(17)5-10(15(19)21)6-14(8)20-7-9-2-3-11(16)13(18)4-9/h2-6,20H,7H2,1H3,(H2,19,21). The largest absolute Gasteiger partial charge is 0.381 e. The first kappa shape index (κ1) is 15.4. The summed E-state index contributed by atoms with van der Waals surface area (Å²) in [5.74, 6) is -1.59. The van der Waals surface area contributed by atoms with Crippen LogP contribution in [0.15, 0.2) is 34.8 Å². The van der Waals surface area contributed by atoms with E-state index in [1.807, 2.05) is 0 Å². The van der Waals surface area contributed by atoms with Crippen LogP contribution in [-0.4, -0.2) is 5.91 Å². The zero-order valence-electron chi connectivity index (χ0n) is 11.2. The van der Waals surface area contributed by atoms with Gasteiger partial charge in [0.2, 0.25) is 5.91 Å². The summed E-state index contributed by atoms with van der Waals surface area (Å²) in [5, 5.41) is 2.98. The number of carbonyl (C=O) groups is 1. The normalized spacial score (nSPS) is 10.5. The van der Waals surface area contributed by atoms with Crippen molar-refractivity contribution in [3.8, 4) is 0 Å². The fourth-order valence-corrected chi connectivity index (χ4v) is 2.10. The Kier molecular flexibility index (Phi) is 4.57. The summed E-state index contributed by atoms with van der Waals surface area (Å²) in [6.45, 7) is 1.89. The number of nitrogens with two attached hydrogens (primary N) is 1. The number of primary amides is 1. The molecule has 0 aliphatic carbocycles. The van der Waals surface area contributed by atoms with Gasteiger partial charge < -0.3 is 11.1 Å². The van der Waals surface area contributed by atoms with Gasteiger partial charge in [-0.25, -0.2) is 8.78 Å². The Hall–Kier alpha value is -1.95. The van der Waals surface area contributed by atoms with Gasteiger partial charge in [-0.3, -0.25) is 4.79 Å². The van der Waals surface area contributed by atoms with E-state index in [2.05, 4.69) is 21.2 Å². The van der Waals surface area contributed by atoms with Gasteiger partial charge in [0.25, 0.3) is 0 Å². The molecule has 3 N–H and O–H groups in total. The quantitative estimate of drug-likeness (QED) is 0.878. The molecule has 2 aromatic rings. The molecule has 0 bridgehead atoms. The van der Waals surface area contributed by atoms with E-state index >= 15 is 0 Å². The summed E-state index contributed by atoms with van der Waals surface area (Å²) >= 11 is 3.08. The van der Waals surface area contributed by atoms with Gasteiger partial charge in [-0.15, -0.1) is 0 Å². The molecule has 0 radical (unpaired) electrons. The number of rotatable bonds is 4. The van der Waals surface area contributed by atoms with Gasteiger partial charge in [-0.1, -0.05) is 6.07 Å². The Labute approximate surface area is 129 Å². The van der Waals surface area contributed by atoms with Crippen molar-refractivity contribution in [2.75, 3.05) is 5.32 Å². The zero-order chi connectivity index (χ0) is 15.6. The van der Waals surface area contributed by atoms with Crippen LogP contribution in [0, 0.1) is 18.6 Å². The summed E-state index contributed by atoms with van der Waals surface area (Å²) in [6, 6.07) is 7.29. The van der Waals surface area contributed by atoms with Gasteiger partial charge >= 0.3 is 0 Å². The van der Waals surface area contributed by atoms with Gasteiger partial charge in [0.15, 0.2) is 0 Å². The first-order valence-electron chi connectivity index (χ1n) is 6.16. The molecule has 110 valence electrons. The second kappa shape index (κ2) is 6.22. The molecule has 0 saturated carbocycles. The Morgan fingerprint density at radius 1 is 1.24 bits per heavy atom. The van der Waals surface area contributed by atoms with Gasteiger partial charge in [-0.05, 0) is 52.7 Å². The van der Waals surface area contributed by atoms with Crippen molar-refractivity contribution in [1.82, 2.24) is 0 Å². The predicted molar refractivity (Wildman–Crippen MR) is 81.1 cm³/mol. The molecular formula is C15H13BrF2N2O. The van der Waals surface area contributed by atoms with Crippen molar-refractivity contribution in [1.29, 1.82) is 0 Å². The average molecular weight is 355 g/mol. The molecule has 0 aliphatic rings. The Bertz CT molecular complexity index is 704. The molecule has 0 spiro atoms. The maximum atomic E-state index is 13.7. The first-order chi connectivity index (χ1) is 9.88. The predicted octanol–water partition coefficient (Wildman–Crippen LogP) is 3.75. The third kappa shape index (κ3) is 3.58. The lowest BCUT2D eigenvalue weighted by molar-refractivity contribution is 0.1000. The molecule has 0 aromatic heterocycles. The molecule has 0 atom stereocenters. The Balaban J connectivity index is 2.23. The highest BCUT2D eigenvalue weighted by molar-refractivity contribution is 9.10. The van der Waals surface area contributed by atoms with E-state index in [0.717, 1.165) is 6.07 Å². The maximum absolute atomic E-state index is 13.7. The monoisotopic (exact) mass is 354 g/mol. The highest BCUT2D eigenvalue weighted by Crippen LogP contribution is 2.22. The summed E-state index contributed by atoms with van der Waals surface area (Å²) in [5.41, 5.74) is 6.76. The van der Waals surface area contributed by atoms with Gasteiger partial charge in [0, 0.05) is 23.4 Å². The summed E-state index contributed by atoms with van der Waals surface area (Å²) < 4.78 is 27.5. The van der Waals surface area contributed by atoms with Crippen LogP contribution >= 0.6 is 15.9 Å². The summed E-state index contributed by atoms with van der Waals surface area (Å²) in [7, 11) is 0. The third-order valence-electron chi connectivity index (χ3n) is 3.10. The first-order valence-corrected chi connectivity index (χ1v) is 6.95. The van der Waals surface area contributed by atoms with Crippen LogP contribution in [0.3, 0.4) is 0 Å². The molecule has 0 aliphatic heterocycles. The number of hydrogen-bond acceptors (Lipinski definition) is 2. The van der Waals surface area contributed by atoms with Gasteiger partial charge in [0.05, 0.1) is 4.47 Å². The minimum Gasteiger partial charge on any atom is -0.381 e. The molecular weight excluding hydrogens is 342 g/mol. The van der Waals surface area contributed by atoms with Crippen LogP contribution < -0.4 is 11.1 Å². The molecule has 2 rings (SSSR count). The van der Waals surface area contributed by atoms with E-state index in [4.69, 9.17) is 5.73 Å². The van der Waals surface area contributed by atoms with E-state index < -0.39 is 11.7 Å². The lowest BCUT2D eigenvalue weighted by atomic mass is 10.1. The molecule has 3 nitrogen and oxygen atoms in total. The fraction of sp³-hybridized carbons (Fsp3) is 0.133.